The summed E-state index contributed by atoms with van der Waals surface area (Å²) in [7, 11) is 0. The van der Waals surface area contributed by atoms with Crippen molar-refractivity contribution < 1.29 is 4.79 Å². The fourth-order valence-electron chi connectivity index (χ4n) is 5.99. The molecule has 5 rings (SSSR count). The first-order valence-electron chi connectivity index (χ1n) is 12.9. The van der Waals surface area contributed by atoms with E-state index in [0.717, 1.165) is 59.6 Å². The number of fused-ring (bicyclic) bond motifs is 1. The van der Waals surface area contributed by atoms with Crippen molar-refractivity contribution in [3.05, 3.63) is 41.8 Å². The number of halogens is 1. The summed E-state index contributed by atoms with van der Waals surface area (Å²) in [6.07, 6.45) is 12.8. The van der Waals surface area contributed by atoms with Crippen LogP contribution in [0.4, 0.5) is 5.82 Å². The Balaban J connectivity index is 1.25. The molecule has 186 valence electrons. The van der Waals surface area contributed by atoms with Gasteiger partial charge in [0.05, 0.1) is 6.54 Å². The van der Waals surface area contributed by atoms with Crippen molar-refractivity contribution in [2.45, 2.75) is 76.4 Å². The molecule has 35 heavy (non-hydrogen) atoms. The molecular formula is C27H35ClN6O. The number of H-pyrrole nitrogens is 1. The number of primary amides is 1. The van der Waals surface area contributed by atoms with Crippen LogP contribution in [-0.4, -0.2) is 50.4 Å². The zero-order valence-electron chi connectivity index (χ0n) is 20.3. The molecule has 0 aromatic carbocycles. The number of nitrogens with two attached hydrogens (primary N) is 1. The first-order valence-corrected chi connectivity index (χ1v) is 13.2. The molecule has 1 amide bonds. The van der Waals surface area contributed by atoms with Gasteiger partial charge in [-0.25, -0.2) is 9.97 Å². The normalized spacial score (nSPS) is 25.1. The molecule has 0 spiro atoms. The SMILES string of the molecule is CC1CCC(N(CC(N)=O)C2CCC(Nc3cc(-c4c[nH]c5ncccc45)cc(Cl)n3)CC2)CC1. The standard InChI is InChI=1S/C27H35ClN6O/c1-17-4-8-20(9-5-17)34(16-25(29)35)21-10-6-19(7-11-21)32-26-14-18(13-24(28)33-26)23-15-31-27-22(23)3-2-12-30-27/h2-3,12-15,17,19-21H,4-11,16H2,1H3,(H2,29,35)(H,30,31)(H,32,33). The number of aromatic amines is 1. The van der Waals surface area contributed by atoms with Crippen LogP contribution in [0.15, 0.2) is 36.7 Å². The van der Waals surface area contributed by atoms with E-state index in [2.05, 4.69) is 44.2 Å². The maximum absolute atomic E-state index is 11.8. The second kappa shape index (κ2) is 10.5. The van der Waals surface area contributed by atoms with Crippen LogP contribution in [0.5, 0.6) is 0 Å². The summed E-state index contributed by atoms with van der Waals surface area (Å²) in [5.74, 6) is 1.37. The molecule has 2 aliphatic rings. The molecule has 2 fully saturated rings. The monoisotopic (exact) mass is 494 g/mol. The van der Waals surface area contributed by atoms with Gasteiger partial charge in [0.2, 0.25) is 5.91 Å². The van der Waals surface area contributed by atoms with Crippen molar-refractivity contribution in [3.63, 3.8) is 0 Å². The zero-order valence-corrected chi connectivity index (χ0v) is 21.1. The highest BCUT2D eigenvalue weighted by molar-refractivity contribution is 6.29. The smallest absolute Gasteiger partial charge is 0.231 e. The number of amides is 1. The van der Waals surface area contributed by atoms with E-state index in [1.165, 1.54) is 25.7 Å². The molecule has 2 aliphatic carbocycles. The van der Waals surface area contributed by atoms with Gasteiger partial charge in [-0.1, -0.05) is 18.5 Å². The van der Waals surface area contributed by atoms with Gasteiger partial charge in [0.25, 0.3) is 0 Å². The van der Waals surface area contributed by atoms with Gasteiger partial charge >= 0.3 is 0 Å². The zero-order chi connectivity index (χ0) is 24.4. The summed E-state index contributed by atoms with van der Waals surface area (Å²) in [4.78, 5) is 26.4. The van der Waals surface area contributed by atoms with Gasteiger partial charge in [0.1, 0.15) is 16.6 Å². The summed E-state index contributed by atoms with van der Waals surface area (Å²) >= 11 is 6.42. The van der Waals surface area contributed by atoms with Gasteiger partial charge in [0, 0.05) is 41.5 Å². The highest BCUT2D eigenvalue weighted by Crippen LogP contribution is 2.34. The topological polar surface area (TPSA) is 99.9 Å². The first-order chi connectivity index (χ1) is 17.0. The lowest BCUT2D eigenvalue weighted by Crippen LogP contribution is -2.50. The summed E-state index contributed by atoms with van der Waals surface area (Å²) < 4.78 is 0. The minimum atomic E-state index is -0.216. The van der Waals surface area contributed by atoms with Gasteiger partial charge < -0.3 is 16.0 Å². The lowest BCUT2D eigenvalue weighted by atomic mass is 9.83. The molecule has 2 saturated carbocycles. The van der Waals surface area contributed by atoms with Crippen molar-refractivity contribution in [1.82, 2.24) is 19.9 Å². The molecule has 3 aromatic heterocycles. The summed E-state index contributed by atoms with van der Waals surface area (Å²) in [6.45, 7) is 2.71. The Labute approximate surface area is 211 Å². The van der Waals surface area contributed by atoms with Crippen LogP contribution >= 0.6 is 11.6 Å². The lowest BCUT2D eigenvalue weighted by Gasteiger charge is -2.43. The van der Waals surface area contributed by atoms with E-state index in [-0.39, 0.29) is 5.91 Å². The number of hydrogen-bond donors (Lipinski definition) is 3. The van der Waals surface area contributed by atoms with Crippen molar-refractivity contribution in [2.24, 2.45) is 11.7 Å². The van der Waals surface area contributed by atoms with E-state index < -0.39 is 0 Å². The third kappa shape index (κ3) is 5.62. The Bertz CT molecular complexity index is 1160. The van der Waals surface area contributed by atoms with E-state index in [9.17, 15) is 4.79 Å². The number of nitrogens with zero attached hydrogens (tertiary/aromatic N) is 3. The van der Waals surface area contributed by atoms with Gasteiger partial charge in [-0.2, -0.15) is 0 Å². The first kappa shape index (κ1) is 24.1. The Morgan fingerprint density at radius 2 is 1.86 bits per heavy atom. The van der Waals surface area contributed by atoms with Crippen molar-refractivity contribution in [2.75, 3.05) is 11.9 Å². The third-order valence-electron chi connectivity index (χ3n) is 7.87. The summed E-state index contributed by atoms with van der Waals surface area (Å²) in [5.41, 5.74) is 8.58. The third-order valence-corrected chi connectivity index (χ3v) is 8.06. The fourth-order valence-corrected chi connectivity index (χ4v) is 6.20. The van der Waals surface area contributed by atoms with Crippen molar-refractivity contribution in [3.8, 4) is 11.1 Å². The summed E-state index contributed by atoms with van der Waals surface area (Å²) in [5, 5.41) is 5.16. The highest BCUT2D eigenvalue weighted by atomic mass is 35.5. The predicted molar refractivity (Wildman–Crippen MR) is 141 cm³/mol. The maximum atomic E-state index is 11.8. The van der Waals surface area contributed by atoms with Gasteiger partial charge in [-0.3, -0.25) is 9.69 Å². The van der Waals surface area contributed by atoms with Crippen LogP contribution in [0.25, 0.3) is 22.2 Å². The molecule has 0 bridgehead atoms. The van der Waals surface area contributed by atoms with E-state index in [1.807, 2.05) is 18.3 Å². The molecular weight excluding hydrogens is 460 g/mol. The lowest BCUT2D eigenvalue weighted by molar-refractivity contribution is -0.121. The molecule has 8 heteroatoms. The molecule has 0 atom stereocenters. The number of anilines is 1. The van der Waals surface area contributed by atoms with Crippen LogP contribution < -0.4 is 11.1 Å². The Hall–Kier alpha value is -2.64. The molecule has 7 nitrogen and oxygen atoms in total. The van der Waals surface area contributed by atoms with Gasteiger partial charge in [-0.15, -0.1) is 0 Å². The Morgan fingerprint density at radius 3 is 2.57 bits per heavy atom. The molecule has 0 saturated heterocycles. The van der Waals surface area contributed by atoms with E-state index in [4.69, 9.17) is 17.3 Å². The molecule has 3 aromatic rings. The Kier molecular flexibility index (Phi) is 7.25. The quantitative estimate of drug-likeness (QED) is 0.383. The van der Waals surface area contributed by atoms with E-state index in [0.29, 0.717) is 29.8 Å². The number of aromatic nitrogens is 3. The number of pyridine rings is 2. The number of nitrogens with one attached hydrogen (secondary N) is 2. The fraction of sp³-hybridized carbons (Fsp3) is 0.519. The average molecular weight is 495 g/mol. The molecule has 0 radical (unpaired) electrons. The minimum absolute atomic E-state index is 0.216. The number of carbonyl (C=O) groups is 1. The largest absolute Gasteiger partial charge is 0.369 e. The number of hydrogen-bond acceptors (Lipinski definition) is 5. The Morgan fingerprint density at radius 1 is 1.14 bits per heavy atom. The van der Waals surface area contributed by atoms with Crippen LogP contribution in [0, 0.1) is 5.92 Å². The van der Waals surface area contributed by atoms with Crippen LogP contribution in [-0.2, 0) is 4.79 Å². The number of rotatable bonds is 7. The van der Waals surface area contributed by atoms with Crippen LogP contribution in [0.1, 0.15) is 58.3 Å². The number of carbonyl (C=O) groups excluding carboxylic acids is 1. The summed E-state index contributed by atoms with van der Waals surface area (Å²) in [6, 6.07) is 9.19. The second-order valence-corrected chi connectivity index (χ2v) is 10.8. The van der Waals surface area contributed by atoms with E-state index >= 15 is 0 Å². The second-order valence-electron chi connectivity index (χ2n) is 10.4. The molecule has 4 N–H and O–H groups in total. The van der Waals surface area contributed by atoms with Crippen molar-refractivity contribution in [1.29, 1.82) is 0 Å². The average Bonchev–Trinajstić information content (AvgIpc) is 3.28. The minimum Gasteiger partial charge on any atom is -0.369 e. The van der Waals surface area contributed by atoms with E-state index in [1.54, 1.807) is 6.20 Å². The highest BCUT2D eigenvalue weighted by Gasteiger charge is 2.33. The van der Waals surface area contributed by atoms with Gasteiger partial charge in [0.15, 0.2) is 0 Å². The predicted octanol–water partition coefficient (Wildman–Crippen LogP) is 5.37. The van der Waals surface area contributed by atoms with Crippen LogP contribution in [0.2, 0.25) is 5.15 Å². The van der Waals surface area contributed by atoms with Crippen LogP contribution in [0.3, 0.4) is 0 Å². The van der Waals surface area contributed by atoms with Crippen molar-refractivity contribution >= 4 is 34.4 Å². The molecule has 3 heterocycles. The maximum Gasteiger partial charge on any atom is 0.231 e. The molecule has 0 aliphatic heterocycles. The molecule has 0 unspecified atom stereocenters. The van der Waals surface area contributed by atoms with Gasteiger partial charge in [-0.05, 0) is 87.1 Å².